The molecule has 0 unspecified atom stereocenters. The molecule has 160 valence electrons. The lowest BCUT2D eigenvalue weighted by molar-refractivity contribution is -0.132. The van der Waals surface area contributed by atoms with Gasteiger partial charge in [0.2, 0.25) is 0 Å². The summed E-state index contributed by atoms with van der Waals surface area (Å²) < 4.78 is 41.8. The van der Waals surface area contributed by atoms with Crippen LogP contribution >= 0.6 is 24.0 Å². The molecule has 9 heteroatoms. The van der Waals surface area contributed by atoms with Crippen LogP contribution in [0.5, 0.6) is 5.75 Å². The van der Waals surface area contributed by atoms with Gasteiger partial charge in [0.1, 0.15) is 5.75 Å². The maximum atomic E-state index is 12.2. The maximum absolute atomic E-state index is 12.2. The summed E-state index contributed by atoms with van der Waals surface area (Å²) in [5.74, 6) is 1.79. The number of rotatable bonds is 7. The molecular formula is C19H30F3IN4O. The standard InChI is InChI=1S/C19H29F3N4O.HI/c1-23-18(24-10-9-19(20,21)22)25-13-15-7-11-26(12-8-15)14-16-3-5-17(27-2)6-4-16;/h3-6,15H,7-14H2,1-2H3,(H2,23,24,25);1H. The molecule has 0 radical (unpaired) electrons. The van der Waals surface area contributed by atoms with E-state index in [1.807, 2.05) is 12.1 Å². The number of hydrogen-bond acceptors (Lipinski definition) is 3. The Kier molecular flexibility index (Phi) is 10.9. The van der Waals surface area contributed by atoms with Crippen LogP contribution in [0.15, 0.2) is 29.3 Å². The summed E-state index contributed by atoms with van der Waals surface area (Å²) in [6.45, 7) is 3.51. The second-order valence-electron chi connectivity index (χ2n) is 6.81. The van der Waals surface area contributed by atoms with Crippen LogP contribution in [0.1, 0.15) is 24.8 Å². The molecular weight excluding hydrogens is 484 g/mol. The second-order valence-corrected chi connectivity index (χ2v) is 6.81. The van der Waals surface area contributed by atoms with Gasteiger partial charge in [0.25, 0.3) is 0 Å². The molecule has 0 bridgehead atoms. The molecule has 0 aliphatic carbocycles. The highest BCUT2D eigenvalue weighted by Crippen LogP contribution is 2.20. The molecule has 2 N–H and O–H groups in total. The van der Waals surface area contributed by atoms with E-state index in [9.17, 15) is 13.2 Å². The largest absolute Gasteiger partial charge is 0.497 e. The van der Waals surface area contributed by atoms with E-state index in [0.717, 1.165) is 44.8 Å². The lowest BCUT2D eigenvalue weighted by Gasteiger charge is -2.32. The third-order valence-corrected chi connectivity index (χ3v) is 4.76. The van der Waals surface area contributed by atoms with Gasteiger partial charge in [0, 0.05) is 26.7 Å². The van der Waals surface area contributed by atoms with Gasteiger partial charge in [0.05, 0.1) is 13.5 Å². The van der Waals surface area contributed by atoms with Gasteiger partial charge in [-0.1, -0.05) is 12.1 Å². The minimum absolute atomic E-state index is 0. The molecule has 0 aromatic heterocycles. The Morgan fingerprint density at radius 2 is 1.82 bits per heavy atom. The third kappa shape index (κ3) is 9.31. The normalized spacial score (nSPS) is 16.4. The lowest BCUT2D eigenvalue weighted by Crippen LogP contribution is -2.43. The number of ether oxygens (including phenoxy) is 1. The van der Waals surface area contributed by atoms with Crippen LogP contribution in [-0.2, 0) is 6.54 Å². The Bertz CT molecular complexity index is 588. The Hall–Kier alpha value is -1.23. The zero-order chi connectivity index (χ0) is 19.7. The molecule has 1 heterocycles. The molecule has 2 rings (SSSR count). The van der Waals surface area contributed by atoms with E-state index >= 15 is 0 Å². The van der Waals surface area contributed by atoms with Crippen LogP contribution in [0.4, 0.5) is 13.2 Å². The van der Waals surface area contributed by atoms with Crippen molar-refractivity contribution in [1.29, 1.82) is 0 Å². The van der Waals surface area contributed by atoms with Crippen LogP contribution in [0.3, 0.4) is 0 Å². The summed E-state index contributed by atoms with van der Waals surface area (Å²) in [4.78, 5) is 6.41. The minimum Gasteiger partial charge on any atom is -0.497 e. The quantitative estimate of drug-likeness (QED) is 0.332. The number of nitrogens with zero attached hydrogens (tertiary/aromatic N) is 2. The van der Waals surface area contributed by atoms with E-state index in [4.69, 9.17) is 4.74 Å². The Morgan fingerprint density at radius 1 is 1.18 bits per heavy atom. The number of methoxy groups -OCH3 is 1. The lowest BCUT2D eigenvalue weighted by atomic mass is 9.96. The van der Waals surface area contributed by atoms with Crippen LogP contribution < -0.4 is 15.4 Å². The zero-order valence-electron chi connectivity index (χ0n) is 16.4. The Morgan fingerprint density at radius 3 is 2.36 bits per heavy atom. The monoisotopic (exact) mass is 514 g/mol. The number of benzene rings is 1. The summed E-state index contributed by atoms with van der Waals surface area (Å²) in [6, 6.07) is 8.12. The highest BCUT2D eigenvalue weighted by Gasteiger charge is 2.26. The molecule has 1 fully saturated rings. The SMILES string of the molecule is CN=C(NCCC(F)(F)F)NCC1CCN(Cc2ccc(OC)cc2)CC1.I. The number of aliphatic imine (C=N–C) groups is 1. The second kappa shape index (κ2) is 12.4. The van der Waals surface area contributed by atoms with Gasteiger partial charge in [-0.25, -0.2) is 0 Å². The molecule has 1 aromatic carbocycles. The van der Waals surface area contributed by atoms with E-state index in [1.165, 1.54) is 5.56 Å². The van der Waals surface area contributed by atoms with Crippen molar-refractivity contribution in [2.45, 2.75) is 32.0 Å². The highest BCUT2D eigenvalue weighted by molar-refractivity contribution is 14.0. The van der Waals surface area contributed by atoms with Crippen molar-refractivity contribution in [3.05, 3.63) is 29.8 Å². The molecule has 5 nitrogen and oxygen atoms in total. The van der Waals surface area contributed by atoms with E-state index in [2.05, 4.69) is 32.7 Å². The van der Waals surface area contributed by atoms with Crippen LogP contribution in [-0.4, -0.2) is 57.4 Å². The molecule has 1 saturated heterocycles. The van der Waals surface area contributed by atoms with Crippen molar-refractivity contribution >= 4 is 29.9 Å². The summed E-state index contributed by atoms with van der Waals surface area (Å²) in [6.07, 6.45) is -2.90. The third-order valence-electron chi connectivity index (χ3n) is 4.76. The first-order chi connectivity index (χ1) is 12.9. The minimum atomic E-state index is -4.15. The molecule has 1 aliphatic heterocycles. The van der Waals surface area contributed by atoms with Crippen LogP contribution in [0.25, 0.3) is 0 Å². The first kappa shape index (κ1) is 24.8. The average molecular weight is 514 g/mol. The zero-order valence-corrected chi connectivity index (χ0v) is 18.7. The molecule has 0 saturated carbocycles. The van der Waals surface area contributed by atoms with E-state index in [0.29, 0.717) is 11.9 Å². The van der Waals surface area contributed by atoms with Crippen LogP contribution in [0, 0.1) is 5.92 Å². The number of nitrogens with one attached hydrogen (secondary N) is 2. The summed E-state index contributed by atoms with van der Waals surface area (Å²) >= 11 is 0. The molecule has 0 atom stereocenters. The fourth-order valence-corrected chi connectivity index (χ4v) is 3.12. The number of halogens is 4. The van der Waals surface area contributed by atoms with Gasteiger partial charge in [-0.2, -0.15) is 13.2 Å². The fourth-order valence-electron chi connectivity index (χ4n) is 3.12. The van der Waals surface area contributed by atoms with Crippen molar-refractivity contribution in [3.63, 3.8) is 0 Å². The van der Waals surface area contributed by atoms with E-state index < -0.39 is 12.6 Å². The molecule has 0 spiro atoms. The first-order valence-electron chi connectivity index (χ1n) is 9.26. The van der Waals surface area contributed by atoms with Crippen molar-refractivity contribution in [2.75, 3.05) is 40.3 Å². The number of likely N-dealkylation sites (tertiary alicyclic amines) is 1. The number of guanidine groups is 1. The Balaban J connectivity index is 0.00000392. The van der Waals surface area contributed by atoms with Crippen molar-refractivity contribution in [3.8, 4) is 5.75 Å². The van der Waals surface area contributed by atoms with Gasteiger partial charge in [-0.05, 0) is 49.5 Å². The van der Waals surface area contributed by atoms with Crippen molar-refractivity contribution in [2.24, 2.45) is 10.9 Å². The number of piperidine rings is 1. The smallest absolute Gasteiger partial charge is 0.390 e. The predicted molar refractivity (Wildman–Crippen MR) is 116 cm³/mol. The summed E-state index contributed by atoms with van der Waals surface area (Å²) in [5, 5.41) is 5.86. The van der Waals surface area contributed by atoms with E-state index in [1.54, 1.807) is 14.2 Å². The van der Waals surface area contributed by atoms with E-state index in [-0.39, 0.29) is 30.5 Å². The molecule has 1 aliphatic rings. The molecule has 1 aromatic rings. The van der Waals surface area contributed by atoms with Gasteiger partial charge in [0.15, 0.2) is 5.96 Å². The van der Waals surface area contributed by atoms with Gasteiger partial charge >= 0.3 is 6.18 Å². The highest BCUT2D eigenvalue weighted by atomic mass is 127. The Labute approximate surface area is 182 Å². The maximum Gasteiger partial charge on any atom is 0.390 e. The van der Waals surface area contributed by atoms with Gasteiger partial charge in [-0.3, -0.25) is 9.89 Å². The van der Waals surface area contributed by atoms with Crippen LogP contribution in [0.2, 0.25) is 0 Å². The molecule has 0 amide bonds. The summed E-state index contributed by atoms with van der Waals surface area (Å²) in [5.41, 5.74) is 1.27. The number of hydrogen-bond donors (Lipinski definition) is 2. The molecule has 28 heavy (non-hydrogen) atoms. The van der Waals surface area contributed by atoms with Crippen molar-refractivity contribution < 1.29 is 17.9 Å². The average Bonchev–Trinajstić information content (AvgIpc) is 2.65. The fraction of sp³-hybridized carbons (Fsp3) is 0.632. The summed E-state index contributed by atoms with van der Waals surface area (Å²) in [7, 11) is 3.23. The predicted octanol–water partition coefficient (Wildman–Crippen LogP) is 3.64. The number of alkyl halides is 3. The first-order valence-corrected chi connectivity index (χ1v) is 9.26. The van der Waals surface area contributed by atoms with Gasteiger partial charge in [-0.15, -0.1) is 24.0 Å². The van der Waals surface area contributed by atoms with Crippen molar-refractivity contribution in [1.82, 2.24) is 15.5 Å². The topological polar surface area (TPSA) is 48.9 Å². The van der Waals surface area contributed by atoms with Gasteiger partial charge < -0.3 is 15.4 Å².